The summed E-state index contributed by atoms with van der Waals surface area (Å²) in [5.41, 5.74) is 22.1. The molecular weight excluding hydrogens is 1440 g/mol. The molecule has 584 valence electrons. The summed E-state index contributed by atoms with van der Waals surface area (Å²) in [6.07, 6.45) is 12.1. The number of hydrogen-bond acceptors (Lipinski definition) is 14. The molecular formula is C86H98BClN18O7. The van der Waals surface area contributed by atoms with Crippen molar-refractivity contribution in [3.8, 4) is 67.2 Å². The molecule has 0 radical (unpaired) electrons. The molecule has 0 fully saturated rings. The van der Waals surface area contributed by atoms with Crippen molar-refractivity contribution in [3.63, 3.8) is 0 Å². The van der Waals surface area contributed by atoms with Crippen molar-refractivity contribution < 1.29 is 19.1 Å². The van der Waals surface area contributed by atoms with E-state index in [0.717, 1.165) is 122 Å². The van der Waals surface area contributed by atoms with Gasteiger partial charge < -0.3 is 25.8 Å². The Morgan fingerprint density at radius 1 is 0.460 bits per heavy atom. The number of nitrogens with one attached hydrogen (secondary N) is 5. The topological polar surface area (TPSA) is 306 Å². The lowest BCUT2D eigenvalue weighted by atomic mass is 9.44. The maximum atomic E-state index is 12.5. The zero-order valence-corrected chi connectivity index (χ0v) is 68.2. The molecule has 6 heterocycles. The van der Waals surface area contributed by atoms with Crippen molar-refractivity contribution in [2.24, 2.45) is 26.9 Å². The Morgan fingerprint density at radius 2 is 0.779 bits per heavy atom. The van der Waals surface area contributed by atoms with Gasteiger partial charge in [0.15, 0.2) is 17.1 Å². The quantitative estimate of drug-likeness (QED) is 0.0324. The van der Waals surface area contributed by atoms with Crippen LogP contribution in [0.2, 0.25) is 24.0 Å². The molecule has 0 aliphatic carbocycles. The number of nitrogens with two attached hydrogens (primary N) is 1. The van der Waals surface area contributed by atoms with Crippen LogP contribution in [-0.4, -0.2) is 90.0 Å². The third-order valence-electron chi connectivity index (χ3n) is 19.6. The van der Waals surface area contributed by atoms with Gasteiger partial charge >= 0.3 is 12.2 Å². The van der Waals surface area contributed by atoms with Crippen molar-refractivity contribution in [1.82, 2.24) is 70.6 Å². The zero-order valence-electron chi connectivity index (χ0n) is 67.4. The van der Waals surface area contributed by atoms with Crippen LogP contribution in [0.3, 0.4) is 0 Å². The first kappa shape index (κ1) is 84.7. The molecule has 6 aromatic carbocycles. The van der Waals surface area contributed by atoms with Crippen LogP contribution in [0.5, 0.6) is 0 Å². The maximum absolute atomic E-state index is 12.5. The first-order valence-corrected chi connectivity index (χ1v) is 38.3. The molecule has 2 amide bonds. The van der Waals surface area contributed by atoms with E-state index in [1.54, 1.807) is 93.8 Å². The van der Waals surface area contributed by atoms with E-state index in [9.17, 15) is 24.0 Å². The molecule has 0 spiro atoms. The fraction of sp³-hybridized carbons (Fsp3) is 0.349. The Balaban J connectivity index is 0.000000187. The molecule has 25 nitrogen and oxygen atoms in total. The van der Waals surface area contributed by atoms with E-state index in [4.69, 9.17) is 46.5 Å². The highest BCUT2D eigenvalue weighted by atomic mass is 35.5. The van der Waals surface area contributed by atoms with Gasteiger partial charge in [-0.15, -0.1) is 0 Å². The maximum Gasteiger partial charge on any atom is 0.407 e. The SMILES string of the molecule is CCB(CC)CC.[C-]#[N+]c1c(CC)cc(CC)cc1-c1c(-c2ccc3c(=O)[nH]nc(CN)c3c2)cnn1C.[C-]#[N+]c1c(CC)cc(CC)cc1-c1c(-c2ccc3c(=O)[nH]nc(CNC(=O)OC(C)(C)C)c3c2)cnn1C.[C-]#[N+]c1c(CC)cc(Cl)cc1-c1c(-c2ccc3c(=O)[nH]nc(CNC(=O)OC(C)(C)C)c3c2)cnn1C. The predicted molar refractivity (Wildman–Crippen MR) is 452 cm³/mol. The number of rotatable bonds is 19. The van der Waals surface area contributed by atoms with Gasteiger partial charge in [-0.3, -0.25) is 28.4 Å². The summed E-state index contributed by atoms with van der Waals surface area (Å²) in [6, 6.07) is 28.5. The molecule has 0 saturated carbocycles. The molecule has 0 unspecified atom stereocenters. The molecule has 6 aromatic heterocycles. The van der Waals surface area contributed by atoms with E-state index >= 15 is 0 Å². The fourth-order valence-electron chi connectivity index (χ4n) is 13.6. The van der Waals surface area contributed by atoms with Gasteiger partial charge in [0.1, 0.15) is 17.9 Å². The lowest BCUT2D eigenvalue weighted by Crippen LogP contribution is -2.32. The minimum Gasteiger partial charge on any atom is -0.444 e. The highest BCUT2D eigenvalue weighted by Crippen LogP contribution is 2.45. The molecule has 0 atom stereocenters. The summed E-state index contributed by atoms with van der Waals surface area (Å²) in [7, 11) is 5.55. The minimum absolute atomic E-state index is 0.0571. The Hall–Kier alpha value is -12.3. The Morgan fingerprint density at radius 3 is 1.07 bits per heavy atom. The van der Waals surface area contributed by atoms with Crippen LogP contribution >= 0.6 is 11.6 Å². The van der Waals surface area contributed by atoms with Crippen LogP contribution in [0.25, 0.3) is 114 Å². The average Bonchev–Trinajstić information content (AvgIpc) is 1.48. The monoisotopic (exact) mass is 1540 g/mol. The number of alkyl carbamates (subject to hydrolysis) is 2. The first-order chi connectivity index (χ1) is 53.9. The van der Waals surface area contributed by atoms with Crippen molar-refractivity contribution in [2.75, 3.05) is 0 Å². The third-order valence-corrected chi connectivity index (χ3v) is 19.8. The second-order valence-electron chi connectivity index (χ2n) is 29.2. The smallest absolute Gasteiger partial charge is 0.407 e. The lowest BCUT2D eigenvalue weighted by Gasteiger charge is -2.19. The van der Waals surface area contributed by atoms with Crippen molar-refractivity contribution in [1.29, 1.82) is 0 Å². The van der Waals surface area contributed by atoms with E-state index in [2.05, 4.69) is 144 Å². The number of carbonyl (C=O) groups excluding carboxylic acids is 2. The van der Waals surface area contributed by atoms with Crippen LogP contribution in [-0.2, 0) is 82.4 Å². The molecule has 0 saturated heterocycles. The van der Waals surface area contributed by atoms with Crippen LogP contribution < -0.4 is 33.0 Å². The highest BCUT2D eigenvalue weighted by Gasteiger charge is 2.26. The zero-order chi connectivity index (χ0) is 82.3. The summed E-state index contributed by atoms with van der Waals surface area (Å²) in [4.78, 5) is 73.2. The molecule has 0 aliphatic rings. The van der Waals surface area contributed by atoms with Crippen molar-refractivity contribution >= 4 is 79.9 Å². The standard InChI is InChI=1S/C29H32N6O3.C27H27ClN6O3.C24H24N6O.C6H15B/c1-8-17-12-18(9-2)25(30-6)22(13-17)26-23(15-32-35(26)7)19-10-11-20-21(14-19)24(33-34-27(20)36)16-31-28(37)38-29(3,4)5;1-7-15-10-17(28)12-20(23(15)29-5)24-21(13-31-34(24)6)16-8-9-18-19(11-16)22(32-33-25(18)35)14-30-26(36)37-27(2,3)4;1-5-14-9-15(6-2)22(26-3)19(10-14)23-20(13-27-30(23)4)16-7-8-17-18(11-16)21(12-25)28-29-24(17)31;1-4-7(5-2)6-3/h10-15H,8-9,16H2,1-5,7H3,(H,31,37)(H,34,36);8-13H,7,14H2,1-4,6H3,(H,30,36)(H,33,35);7-11,13H,5-6,12,25H2,1-2,4H3,(H,29,31);4-6H2,1-3H3. The number of aromatic nitrogens is 12. The normalized spacial score (nSPS) is 11.2. The molecule has 0 bridgehead atoms. The van der Waals surface area contributed by atoms with E-state index < -0.39 is 23.4 Å². The summed E-state index contributed by atoms with van der Waals surface area (Å²) in [5, 5.41) is 42.7. The number of carbonyl (C=O) groups is 2. The van der Waals surface area contributed by atoms with Crippen molar-refractivity contribution in [2.45, 2.75) is 179 Å². The first-order valence-electron chi connectivity index (χ1n) is 38.0. The van der Waals surface area contributed by atoms with Gasteiger partial charge in [-0.2, -0.15) is 30.6 Å². The number of fused-ring (bicyclic) bond motifs is 3. The average molecular weight is 1540 g/mol. The fourth-order valence-corrected chi connectivity index (χ4v) is 13.9. The second-order valence-corrected chi connectivity index (χ2v) is 29.7. The van der Waals surface area contributed by atoms with Crippen molar-refractivity contribution in [3.05, 3.63) is 225 Å². The highest BCUT2D eigenvalue weighted by molar-refractivity contribution is 6.58. The number of ether oxygens (including phenoxy) is 2. The van der Waals surface area contributed by atoms with Gasteiger partial charge in [0, 0.05) is 82.2 Å². The Kier molecular flexibility index (Phi) is 27.8. The van der Waals surface area contributed by atoms with Crippen LogP contribution in [0, 0.1) is 19.7 Å². The van der Waals surface area contributed by atoms with Gasteiger partial charge in [0.2, 0.25) is 0 Å². The van der Waals surface area contributed by atoms with Crippen LogP contribution in [0.15, 0.2) is 124 Å². The van der Waals surface area contributed by atoms with E-state index in [0.29, 0.717) is 78.1 Å². The molecule has 12 rings (SSSR count). The number of aromatic amines is 3. The number of amides is 2. The number of hydrogen-bond donors (Lipinski definition) is 6. The second kappa shape index (κ2) is 37.1. The summed E-state index contributed by atoms with van der Waals surface area (Å²) < 4.78 is 15.9. The Labute approximate surface area is 663 Å². The lowest BCUT2D eigenvalue weighted by molar-refractivity contribution is 0.0511. The number of halogens is 1. The Bertz CT molecular complexity index is 5840. The van der Waals surface area contributed by atoms with E-state index in [1.165, 1.54) is 24.5 Å². The van der Waals surface area contributed by atoms with Crippen LogP contribution in [0.1, 0.15) is 142 Å². The van der Waals surface area contributed by atoms with Gasteiger partial charge in [-0.25, -0.2) is 39.4 Å². The van der Waals surface area contributed by atoms with E-state index in [1.807, 2.05) is 75.2 Å². The van der Waals surface area contributed by atoms with Gasteiger partial charge in [0.25, 0.3) is 16.7 Å². The molecule has 0 aliphatic heterocycles. The predicted octanol–water partition coefficient (Wildman–Crippen LogP) is 18.1. The molecule has 12 aromatic rings. The summed E-state index contributed by atoms with van der Waals surface area (Å²) in [5.74, 6) is 0. The number of benzene rings is 6. The number of aryl methyl sites for hydroxylation is 8. The third kappa shape index (κ3) is 19.5. The number of H-pyrrole nitrogens is 3. The van der Waals surface area contributed by atoms with Gasteiger partial charge in [-0.05, 0) is 161 Å². The number of nitrogens with zero attached hydrogens (tertiary/aromatic N) is 12. The van der Waals surface area contributed by atoms with Gasteiger partial charge in [0.05, 0.1) is 102 Å². The van der Waals surface area contributed by atoms with Gasteiger partial charge in [-0.1, -0.05) is 134 Å². The summed E-state index contributed by atoms with van der Waals surface area (Å²) >= 11 is 6.42. The van der Waals surface area contributed by atoms with Crippen LogP contribution in [0.4, 0.5) is 26.7 Å². The van der Waals surface area contributed by atoms with E-state index in [-0.39, 0.29) is 36.3 Å². The summed E-state index contributed by atoms with van der Waals surface area (Å²) in [6.45, 7) is 52.7. The largest absolute Gasteiger partial charge is 0.444 e. The molecule has 27 heteroatoms. The molecule has 113 heavy (non-hydrogen) atoms. The molecule has 7 N–H and O–H groups in total. The minimum atomic E-state index is -0.642.